The number of ether oxygens (including phenoxy) is 1. The highest BCUT2D eigenvalue weighted by Gasteiger charge is 2.12. The molecule has 0 aliphatic carbocycles. The zero-order valence-electron chi connectivity index (χ0n) is 13.2. The van der Waals surface area contributed by atoms with Gasteiger partial charge in [-0.25, -0.2) is 4.99 Å². The Bertz CT molecular complexity index is 564. The predicted octanol–water partition coefficient (Wildman–Crippen LogP) is 2.46. The van der Waals surface area contributed by atoms with Crippen molar-refractivity contribution in [2.75, 3.05) is 11.9 Å². The third-order valence-electron chi connectivity index (χ3n) is 2.98. The number of carbonyl (C=O) groups excluding carboxylic acids is 1. The van der Waals surface area contributed by atoms with Crippen LogP contribution in [0.15, 0.2) is 29.8 Å². The van der Waals surface area contributed by atoms with E-state index >= 15 is 0 Å². The van der Waals surface area contributed by atoms with E-state index in [0.29, 0.717) is 23.7 Å². The highest BCUT2D eigenvalue weighted by atomic mass is 16.5. The van der Waals surface area contributed by atoms with E-state index in [9.17, 15) is 4.79 Å². The van der Waals surface area contributed by atoms with Gasteiger partial charge in [-0.1, -0.05) is 19.9 Å². The molecule has 0 bridgehead atoms. The fraction of sp³-hybridized carbons (Fsp3) is 0.375. The molecule has 0 atom stereocenters. The molecule has 1 aromatic carbocycles. The Morgan fingerprint density at radius 1 is 1.41 bits per heavy atom. The van der Waals surface area contributed by atoms with Crippen molar-refractivity contribution in [2.24, 2.45) is 16.5 Å². The lowest BCUT2D eigenvalue weighted by atomic mass is 10.0. The number of anilines is 1. The summed E-state index contributed by atoms with van der Waals surface area (Å²) in [4.78, 5) is 15.7. The molecule has 0 saturated carbocycles. The van der Waals surface area contributed by atoms with E-state index in [-0.39, 0.29) is 11.9 Å². The van der Waals surface area contributed by atoms with Crippen molar-refractivity contribution in [3.63, 3.8) is 0 Å². The number of rotatable bonds is 8. The normalized spacial score (nSPS) is 9.91. The predicted molar refractivity (Wildman–Crippen MR) is 90.5 cm³/mol. The monoisotopic (exact) mass is 304 g/mol. The minimum Gasteiger partial charge on any atom is -0.492 e. The quantitative estimate of drug-likeness (QED) is 0.390. The van der Waals surface area contributed by atoms with Crippen LogP contribution in [-0.4, -0.2) is 18.5 Å². The van der Waals surface area contributed by atoms with E-state index in [2.05, 4.69) is 23.8 Å². The van der Waals surface area contributed by atoms with Crippen LogP contribution in [0.4, 0.5) is 11.4 Å². The van der Waals surface area contributed by atoms with Crippen LogP contribution in [0.3, 0.4) is 0 Å². The lowest BCUT2D eigenvalue weighted by molar-refractivity contribution is -0.111. The molecular formula is C16H24N4O2. The smallest absolute Gasteiger partial charge is 0.247 e. The van der Waals surface area contributed by atoms with Gasteiger partial charge in [-0.3, -0.25) is 4.79 Å². The van der Waals surface area contributed by atoms with Gasteiger partial charge in [0.15, 0.2) is 5.96 Å². The molecule has 0 aliphatic heterocycles. The Morgan fingerprint density at radius 2 is 2.14 bits per heavy atom. The summed E-state index contributed by atoms with van der Waals surface area (Å²) in [6.45, 7) is 7.96. The van der Waals surface area contributed by atoms with Crippen molar-refractivity contribution in [1.29, 1.82) is 0 Å². The van der Waals surface area contributed by atoms with Gasteiger partial charge in [-0.15, -0.1) is 0 Å². The fourth-order valence-electron chi connectivity index (χ4n) is 1.98. The first kappa shape index (κ1) is 17.6. The molecule has 0 fully saturated rings. The van der Waals surface area contributed by atoms with Crippen LogP contribution in [0.25, 0.3) is 0 Å². The maximum absolute atomic E-state index is 11.6. The van der Waals surface area contributed by atoms with Gasteiger partial charge in [0.1, 0.15) is 11.4 Å². The first-order valence-corrected chi connectivity index (χ1v) is 7.34. The average Bonchev–Trinajstić information content (AvgIpc) is 2.47. The molecule has 6 heteroatoms. The second kappa shape index (κ2) is 8.71. The van der Waals surface area contributed by atoms with Crippen LogP contribution in [-0.2, 0) is 11.2 Å². The minimum absolute atomic E-state index is 0.0664. The average molecular weight is 304 g/mol. The minimum atomic E-state index is -0.280. The summed E-state index contributed by atoms with van der Waals surface area (Å²) in [5.74, 6) is 0.249. The number of aliphatic imine (C=N–C) groups is 1. The zero-order chi connectivity index (χ0) is 16.5. The molecule has 0 radical (unpaired) electrons. The van der Waals surface area contributed by atoms with Crippen molar-refractivity contribution in [2.45, 2.75) is 33.1 Å². The molecule has 0 heterocycles. The number of nitrogens with one attached hydrogen (secondary N) is 1. The molecule has 0 aromatic heterocycles. The van der Waals surface area contributed by atoms with E-state index in [1.165, 1.54) is 6.08 Å². The molecule has 1 aromatic rings. The number of amides is 1. The molecule has 1 rings (SSSR count). The van der Waals surface area contributed by atoms with Gasteiger partial charge >= 0.3 is 0 Å². The zero-order valence-corrected chi connectivity index (χ0v) is 13.2. The molecule has 1 amide bonds. The third kappa shape index (κ3) is 5.12. The van der Waals surface area contributed by atoms with E-state index in [1.807, 2.05) is 13.0 Å². The molecule has 120 valence electrons. The molecule has 0 aliphatic rings. The van der Waals surface area contributed by atoms with Crippen molar-refractivity contribution in [3.8, 4) is 5.75 Å². The number of hydrogen-bond donors (Lipinski definition) is 3. The number of nitrogens with two attached hydrogens (primary N) is 2. The van der Waals surface area contributed by atoms with Crippen LogP contribution in [0.5, 0.6) is 5.75 Å². The lowest BCUT2D eigenvalue weighted by Gasteiger charge is -2.15. The second-order valence-corrected chi connectivity index (χ2v) is 4.74. The van der Waals surface area contributed by atoms with Crippen molar-refractivity contribution in [1.82, 2.24) is 0 Å². The van der Waals surface area contributed by atoms with Gasteiger partial charge < -0.3 is 21.5 Å². The van der Waals surface area contributed by atoms with Gasteiger partial charge in [0, 0.05) is 5.69 Å². The summed E-state index contributed by atoms with van der Waals surface area (Å²) in [6.07, 6.45) is 4.10. The number of nitrogens with zero attached hydrogens (tertiary/aromatic N) is 1. The topological polar surface area (TPSA) is 103 Å². The second-order valence-electron chi connectivity index (χ2n) is 4.74. The summed E-state index contributed by atoms with van der Waals surface area (Å²) in [5.41, 5.74) is 13.0. The van der Waals surface area contributed by atoms with Gasteiger partial charge in [-0.05, 0) is 43.5 Å². The third-order valence-corrected chi connectivity index (χ3v) is 2.98. The summed E-state index contributed by atoms with van der Waals surface area (Å²) in [5, 5.41) is 2.79. The van der Waals surface area contributed by atoms with Gasteiger partial charge in [0.05, 0.1) is 6.61 Å². The largest absolute Gasteiger partial charge is 0.492 e. The molecule has 6 nitrogen and oxygen atoms in total. The number of guanidine groups is 1. The highest BCUT2D eigenvalue weighted by molar-refractivity contribution is 6.00. The van der Waals surface area contributed by atoms with Crippen molar-refractivity contribution in [3.05, 3.63) is 30.4 Å². The van der Waals surface area contributed by atoms with Crippen LogP contribution >= 0.6 is 0 Å². The van der Waals surface area contributed by atoms with Gasteiger partial charge in [0.2, 0.25) is 5.91 Å². The summed E-state index contributed by atoms with van der Waals surface area (Å²) in [7, 11) is 0. The van der Waals surface area contributed by atoms with E-state index < -0.39 is 0 Å². The Kier molecular flexibility index (Phi) is 6.95. The fourth-order valence-corrected chi connectivity index (χ4v) is 1.98. The number of aryl methyl sites for hydroxylation is 1. The first-order valence-electron chi connectivity index (χ1n) is 7.34. The van der Waals surface area contributed by atoms with Crippen LogP contribution < -0.4 is 21.5 Å². The summed E-state index contributed by atoms with van der Waals surface area (Å²) in [6, 6.07) is 3.59. The van der Waals surface area contributed by atoms with Crippen molar-refractivity contribution >= 4 is 23.2 Å². The Balaban J connectivity index is 3.32. The summed E-state index contributed by atoms with van der Waals surface area (Å²) < 4.78 is 5.59. The Labute approximate surface area is 131 Å². The number of carbonyl (C=O) groups is 1. The van der Waals surface area contributed by atoms with E-state index in [4.69, 9.17) is 16.2 Å². The van der Waals surface area contributed by atoms with E-state index in [1.54, 1.807) is 6.07 Å². The molecule has 0 spiro atoms. The van der Waals surface area contributed by atoms with Crippen LogP contribution in [0.2, 0.25) is 0 Å². The standard InChI is InChI=1S/C16H24N4O2/c1-4-7-8-11-9-14(22-6-3)13(20-16(17)18)10-12(11)19-15(21)5-2/h5,9-10H,2,4,6-8H2,1,3H3,(H,19,21)(H4,17,18,20). The van der Waals surface area contributed by atoms with Crippen LogP contribution in [0, 0.1) is 0 Å². The molecular weight excluding hydrogens is 280 g/mol. The van der Waals surface area contributed by atoms with Gasteiger partial charge in [0.25, 0.3) is 0 Å². The number of unbranched alkanes of at least 4 members (excludes halogenated alkanes) is 1. The molecule has 22 heavy (non-hydrogen) atoms. The Morgan fingerprint density at radius 3 is 2.68 bits per heavy atom. The molecule has 5 N–H and O–H groups in total. The summed E-state index contributed by atoms with van der Waals surface area (Å²) >= 11 is 0. The van der Waals surface area contributed by atoms with Crippen molar-refractivity contribution < 1.29 is 9.53 Å². The number of benzene rings is 1. The van der Waals surface area contributed by atoms with Crippen LogP contribution in [0.1, 0.15) is 32.3 Å². The maximum atomic E-state index is 11.6. The lowest BCUT2D eigenvalue weighted by Crippen LogP contribution is -2.22. The number of hydrogen-bond acceptors (Lipinski definition) is 3. The van der Waals surface area contributed by atoms with Gasteiger partial charge in [-0.2, -0.15) is 0 Å². The molecule has 0 saturated heterocycles. The maximum Gasteiger partial charge on any atom is 0.247 e. The molecule has 0 unspecified atom stereocenters. The Hall–Kier alpha value is -2.50. The first-order chi connectivity index (χ1) is 10.5. The SMILES string of the molecule is C=CC(=O)Nc1cc(N=C(N)N)c(OCC)cc1CCCC. The van der Waals surface area contributed by atoms with E-state index in [0.717, 1.165) is 24.8 Å². The highest BCUT2D eigenvalue weighted by Crippen LogP contribution is 2.34.